The molecule has 1 aromatic heterocycles. The van der Waals surface area contributed by atoms with E-state index in [0.29, 0.717) is 48.2 Å². The molecule has 0 bridgehead atoms. The highest BCUT2D eigenvalue weighted by atomic mass is 19.1. The second-order valence-corrected chi connectivity index (χ2v) is 11.4. The number of nitrogens with zero attached hydrogens (tertiary/aromatic N) is 3. The smallest absolute Gasteiger partial charge is 0.242 e. The van der Waals surface area contributed by atoms with E-state index in [0.717, 1.165) is 19.4 Å². The second kappa shape index (κ2) is 13.8. The Morgan fingerprint density at radius 2 is 1.57 bits per heavy atom. The summed E-state index contributed by atoms with van der Waals surface area (Å²) in [4.78, 5) is 32.5. The molecule has 2 amide bonds. The van der Waals surface area contributed by atoms with Gasteiger partial charge >= 0.3 is 0 Å². The summed E-state index contributed by atoms with van der Waals surface area (Å²) in [6, 6.07) is 22.3. The molecule has 0 aliphatic carbocycles. The highest BCUT2D eigenvalue weighted by molar-refractivity contribution is 5.85. The van der Waals surface area contributed by atoms with Crippen LogP contribution in [-0.4, -0.2) is 52.4 Å². The Morgan fingerprint density at radius 3 is 2.27 bits per heavy atom. The van der Waals surface area contributed by atoms with Gasteiger partial charge in [0.1, 0.15) is 29.0 Å². The first-order valence-electron chi connectivity index (χ1n) is 14.9. The first kappa shape index (κ1) is 30.9. The summed E-state index contributed by atoms with van der Waals surface area (Å²) in [5, 5.41) is 9.42. The molecule has 0 fully saturated rings. The third-order valence-corrected chi connectivity index (χ3v) is 7.89. The minimum absolute atomic E-state index is 0.109. The van der Waals surface area contributed by atoms with Gasteiger partial charge < -0.3 is 25.4 Å². The van der Waals surface area contributed by atoms with Gasteiger partial charge in [-0.15, -0.1) is 0 Å². The van der Waals surface area contributed by atoms with Crippen molar-refractivity contribution in [2.24, 2.45) is 0 Å². The summed E-state index contributed by atoms with van der Waals surface area (Å²) in [6.45, 7) is 5.92. The largest absolute Gasteiger partial charge is 0.347 e. The van der Waals surface area contributed by atoms with Crippen molar-refractivity contribution < 1.29 is 18.4 Å². The number of hydrogen-bond donors (Lipinski definition) is 3. The van der Waals surface area contributed by atoms with Crippen LogP contribution in [0.15, 0.2) is 78.9 Å². The maximum atomic E-state index is 13.7. The summed E-state index contributed by atoms with van der Waals surface area (Å²) >= 11 is 0. The fourth-order valence-electron chi connectivity index (χ4n) is 5.53. The predicted molar refractivity (Wildman–Crippen MR) is 167 cm³/mol. The maximum absolute atomic E-state index is 13.7. The van der Waals surface area contributed by atoms with Gasteiger partial charge in [-0.25, -0.2) is 13.8 Å². The van der Waals surface area contributed by atoms with E-state index in [4.69, 9.17) is 4.98 Å². The summed E-state index contributed by atoms with van der Waals surface area (Å²) < 4.78 is 29.3. The molecule has 0 radical (unpaired) electrons. The molecule has 0 saturated carbocycles. The molecule has 8 nitrogen and oxygen atoms in total. The van der Waals surface area contributed by atoms with Crippen LogP contribution in [0, 0.1) is 11.6 Å². The topological polar surface area (TPSA) is 91.3 Å². The van der Waals surface area contributed by atoms with Crippen molar-refractivity contribution >= 4 is 23.3 Å². The fraction of sp³-hybridized carbons (Fsp3) is 0.324. The van der Waals surface area contributed by atoms with Crippen LogP contribution >= 0.6 is 0 Å². The average molecular weight is 601 g/mol. The highest BCUT2D eigenvalue weighted by Crippen LogP contribution is 2.39. The van der Waals surface area contributed by atoms with E-state index in [1.807, 2.05) is 36.6 Å². The van der Waals surface area contributed by atoms with Crippen LogP contribution in [-0.2, 0) is 28.1 Å². The van der Waals surface area contributed by atoms with Crippen molar-refractivity contribution in [1.29, 1.82) is 0 Å². The van der Waals surface area contributed by atoms with Crippen LogP contribution < -0.4 is 16.0 Å². The van der Waals surface area contributed by atoms with Crippen LogP contribution in [0.2, 0.25) is 0 Å². The monoisotopic (exact) mass is 600 g/mol. The molecule has 44 heavy (non-hydrogen) atoms. The molecule has 2 heterocycles. The number of nitrogens with one attached hydrogen (secondary N) is 3. The van der Waals surface area contributed by atoms with E-state index in [-0.39, 0.29) is 36.4 Å². The number of rotatable bonds is 12. The van der Waals surface area contributed by atoms with Crippen LogP contribution in [0.1, 0.15) is 38.1 Å². The standard InChI is InChI=1S/C34H38F2N6O2/c1-34(2)33-40-31(25-10-12-26(35)13-11-25)32(39-28-16-14-27(36)15-17-28)41(33)21-22-42(34)30(44)23-38-29(43)18-20-37-19-6-9-24-7-4-3-5-8-24/h3-5,7-8,10-17,37,39H,6,9,18-23H2,1-2H3,(H,38,43). The van der Waals surface area contributed by atoms with E-state index in [1.54, 1.807) is 29.2 Å². The molecule has 0 saturated heterocycles. The Labute approximate surface area is 256 Å². The normalized spacial score (nSPS) is 13.8. The number of carbonyl (C=O) groups excluding carboxylic acids is 2. The van der Waals surface area contributed by atoms with Gasteiger partial charge in [0.25, 0.3) is 0 Å². The third-order valence-electron chi connectivity index (χ3n) is 7.89. The molecule has 3 N–H and O–H groups in total. The van der Waals surface area contributed by atoms with Crippen LogP contribution in [0.3, 0.4) is 0 Å². The zero-order valence-corrected chi connectivity index (χ0v) is 25.1. The Hall–Kier alpha value is -4.57. The lowest BCUT2D eigenvalue weighted by Gasteiger charge is -2.42. The first-order valence-corrected chi connectivity index (χ1v) is 14.9. The molecule has 0 atom stereocenters. The molecule has 230 valence electrons. The maximum Gasteiger partial charge on any atom is 0.242 e. The van der Waals surface area contributed by atoms with Crippen LogP contribution in [0.5, 0.6) is 0 Å². The number of fused-ring (bicyclic) bond motifs is 1. The van der Waals surface area contributed by atoms with Gasteiger partial charge in [-0.1, -0.05) is 30.3 Å². The Kier molecular flexibility index (Phi) is 9.69. The lowest BCUT2D eigenvalue weighted by molar-refractivity contribution is -0.139. The number of anilines is 2. The molecule has 0 spiro atoms. The molecule has 1 aliphatic heterocycles. The number of amides is 2. The van der Waals surface area contributed by atoms with Gasteiger partial charge in [0.15, 0.2) is 0 Å². The second-order valence-electron chi connectivity index (χ2n) is 11.4. The molecule has 5 rings (SSSR count). The zero-order chi connectivity index (χ0) is 31.1. The molecular weight excluding hydrogens is 562 g/mol. The highest BCUT2D eigenvalue weighted by Gasteiger charge is 2.41. The van der Waals surface area contributed by atoms with Gasteiger partial charge in [-0.3, -0.25) is 9.59 Å². The van der Waals surface area contributed by atoms with Crippen molar-refractivity contribution in [3.8, 4) is 11.3 Å². The van der Waals surface area contributed by atoms with Gasteiger partial charge in [0.05, 0.1) is 12.1 Å². The Balaban J connectivity index is 1.21. The molecule has 4 aromatic rings. The number of imidazole rings is 1. The van der Waals surface area contributed by atoms with Crippen molar-refractivity contribution in [2.45, 2.75) is 45.2 Å². The molecule has 1 aliphatic rings. The summed E-state index contributed by atoms with van der Waals surface area (Å²) in [5.74, 6) is 0.222. The number of benzene rings is 3. The van der Waals surface area contributed by atoms with E-state index >= 15 is 0 Å². The van der Waals surface area contributed by atoms with Gasteiger partial charge in [-0.2, -0.15) is 0 Å². The fourth-order valence-corrected chi connectivity index (χ4v) is 5.53. The van der Waals surface area contributed by atoms with E-state index in [2.05, 4.69) is 28.1 Å². The first-order chi connectivity index (χ1) is 21.2. The van der Waals surface area contributed by atoms with Crippen molar-refractivity contribution in [3.05, 3.63) is 102 Å². The molecule has 0 unspecified atom stereocenters. The summed E-state index contributed by atoms with van der Waals surface area (Å²) in [6.07, 6.45) is 2.24. The summed E-state index contributed by atoms with van der Waals surface area (Å²) in [7, 11) is 0. The quantitative estimate of drug-likeness (QED) is 0.190. The van der Waals surface area contributed by atoms with Gasteiger partial charge in [0, 0.05) is 37.3 Å². The molecule has 3 aromatic carbocycles. The minimum atomic E-state index is -0.808. The lowest BCUT2D eigenvalue weighted by Crippen LogP contribution is -2.54. The number of hydrogen-bond acceptors (Lipinski definition) is 5. The van der Waals surface area contributed by atoms with Crippen molar-refractivity contribution in [3.63, 3.8) is 0 Å². The van der Waals surface area contributed by atoms with Crippen LogP contribution in [0.25, 0.3) is 11.3 Å². The number of halogens is 2. The molecular formula is C34H38F2N6O2. The lowest BCUT2D eigenvalue weighted by atomic mass is 9.99. The predicted octanol–water partition coefficient (Wildman–Crippen LogP) is 5.38. The van der Waals surface area contributed by atoms with E-state index in [1.165, 1.54) is 29.8 Å². The zero-order valence-electron chi connectivity index (χ0n) is 25.1. The summed E-state index contributed by atoms with van der Waals surface area (Å²) in [5.41, 5.74) is 2.45. The number of aryl methyl sites for hydroxylation is 1. The van der Waals surface area contributed by atoms with Crippen LogP contribution in [0.4, 0.5) is 20.3 Å². The van der Waals surface area contributed by atoms with Gasteiger partial charge in [0.2, 0.25) is 11.8 Å². The molecule has 10 heteroatoms. The third kappa shape index (κ3) is 7.31. The Bertz CT molecular complexity index is 1570. The van der Waals surface area contributed by atoms with Gasteiger partial charge in [-0.05, 0) is 87.3 Å². The van der Waals surface area contributed by atoms with E-state index < -0.39 is 5.54 Å². The number of carbonyl (C=O) groups is 2. The van der Waals surface area contributed by atoms with Crippen molar-refractivity contribution in [1.82, 2.24) is 25.1 Å². The van der Waals surface area contributed by atoms with E-state index in [9.17, 15) is 18.4 Å². The Morgan fingerprint density at radius 1 is 0.886 bits per heavy atom. The average Bonchev–Trinajstić information content (AvgIpc) is 3.39. The minimum Gasteiger partial charge on any atom is -0.347 e. The SMILES string of the molecule is CC1(C)c2nc(-c3ccc(F)cc3)c(Nc3ccc(F)cc3)n2CCN1C(=O)CNC(=O)CCNCCCc1ccccc1. The van der Waals surface area contributed by atoms with Crippen molar-refractivity contribution in [2.75, 3.05) is 31.5 Å². The number of aromatic nitrogens is 2.